The number of carbonyl (C=O) groups is 1. The second kappa shape index (κ2) is 5.30. The second-order valence-corrected chi connectivity index (χ2v) is 4.02. The van der Waals surface area contributed by atoms with Gasteiger partial charge >= 0.3 is 0 Å². The highest BCUT2D eigenvalue weighted by molar-refractivity contribution is 7.17. The summed E-state index contributed by atoms with van der Waals surface area (Å²) in [5.74, 6) is -0.261. The molecule has 0 aliphatic rings. The van der Waals surface area contributed by atoms with Gasteiger partial charge in [-0.3, -0.25) is 4.79 Å². The molecule has 8 heteroatoms. The first-order valence-corrected chi connectivity index (χ1v) is 5.65. The number of rotatable bonds is 4. The van der Waals surface area contributed by atoms with Crippen LogP contribution in [0.5, 0.6) is 0 Å². The third-order valence-electron chi connectivity index (χ3n) is 1.91. The van der Waals surface area contributed by atoms with Crippen LogP contribution in [0.4, 0.5) is 5.13 Å². The molecule has 0 bridgehead atoms. The number of hydrogen-bond donors (Lipinski definition) is 2. The largest absolute Gasteiger partial charge is 0.363 e. The number of anilines is 1. The minimum absolute atomic E-state index is 0.261. The van der Waals surface area contributed by atoms with Crippen molar-refractivity contribution in [3.63, 3.8) is 0 Å². The lowest BCUT2D eigenvalue weighted by molar-refractivity contribution is 0.0949. The van der Waals surface area contributed by atoms with Crippen molar-refractivity contribution in [1.29, 1.82) is 0 Å². The predicted molar refractivity (Wildman–Crippen MR) is 62.7 cm³/mol. The highest BCUT2D eigenvalue weighted by atomic mass is 32.1. The van der Waals surface area contributed by atoms with E-state index in [0.29, 0.717) is 16.7 Å². The van der Waals surface area contributed by atoms with Crippen LogP contribution in [0.2, 0.25) is 0 Å². The first kappa shape index (κ1) is 11.4. The van der Waals surface area contributed by atoms with Gasteiger partial charge < -0.3 is 10.6 Å². The van der Waals surface area contributed by atoms with Gasteiger partial charge in [0, 0.05) is 13.2 Å². The molecule has 0 saturated carbocycles. The highest BCUT2D eigenvalue weighted by Gasteiger charge is 2.11. The van der Waals surface area contributed by atoms with Crippen molar-refractivity contribution < 1.29 is 4.79 Å². The van der Waals surface area contributed by atoms with Gasteiger partial charge in [0.25, 0.3) is 5.91 Å². The maximum atomic E-state index is 11.7. The SMILES string of the molecule is CNc1nnc(C(=O)NCc2ccncn2)s1. The Bertz CT molecular complexity index is 499. The Kier molecular flexibility index (Phi) is 3.55. The van der Waals surface area contributed by atoms with E-state index in [1.54, 1.807) is 19.3 Å². The van der Waals surface area contributed by atoms with Crippen LogP contribution in [-0.4, -0.2) is 33.1 Å². The fourth-order valence-electron chi connectivity index (χ4n) is 1.09. The normalized spacial score (nSPS) is 9.94. The zero-order valence-corrected chi connectivity index (χ0v) is 9.86. The topological polar surface area (TPSA) is 92.7 Å². The van der Waals surface area contributed by atoms with Gasteiger partial charge in [0.2, 0.25) is 10.1 Å². The Morgan fingerprint density at radius 1 is 1.47 bits per heavy atom. The molecular formula is C9H10N6OS. The summed E-state index contributed by atoms with van der Waals surface area (Å²) >= 11 is 1.20. The van der Waals surface area contributed by atoms with E-state index < -0.39 is 0 Å². The Hall–Kier alpha value is -2.09. The van der Waals surface area contributed by atoms with E-state index in [9.17, 15) is 4.79 Å². The molecule has 0 radical (unpaired) electrons. The molecule has 0 fully saturated rings. The Morgan fingerprint density at radius 3 is 3.00 bits per heavy atom. The molecule has 2 heterocycles. The number of nitrogens with zero attached hydrogens (tertiary/aromatic N) is 4. The van der Waals surface area contributed by atoms with Crippen molar-refractivity contribution in [2.45, 2.75) is 6.54 Å². The van der Waals surface area contributed by atoms with Gasteiger partial charge in [0.1, 0.15) is 6.33 Å². The lowest BCUT2D eigenvalue weighted by Gasteiger charge is -2.00. The Morgan fingerprint density at radius 2 is 2.35 bits per heavy atom. The number of nitrogens with one attached hydrogen (secondary N) is 2. The molecule has 0 spiro atoms. The fourth-order valence-corrected chi connectivity index (χ4v) is 1.70. The fraction of sp³-hybridized carbons (Fsp3) is 0.222. The first-order valence-electron chi connectivity index (χ1n) is 4.84. The van der Waals surface area contributed by atoms with Crippen molar-refractivity contribution >= 4 is 22.4 Å². The zero-order valence-electron chi connectivity index (χ0n) is 9.04. The summed E-state index contributed by atoms with van der Waals surface area (Å²) in [5.41, 5.74) is 0.742. The van der Waals surface area contributed by atoms with Crippen LogP contribution in [-0.2, 0) is 6.54 Å². The Balaban J connectivity index is 1.93. The number of hydrogen-bond acceptors (Lipinski definition) is 7. The van der Waals surface area contributed by atoms with Gasteiger partial charge in [-0.15, -0.1) is 10.2 Å². The van der Waals surface area contributed by atoms with Crippen molar-refractivity contribution in [2.75, 3.05) is 12.4 Å². The van der Waals surface area contributed by atoms with Gasteiger partial charge in [0.05, 0.1) is 12.2 Å². The Labute approximate surface area is 101 Å². The van der Waals surface area contributed by atoms with Crippen molar-refractivity contribution in [3.05, 3.63) is 29.3 Å². The molecule has 2 rings (SSSR count). The van der Waals surface area contributed by atoms with Crippen LogP contribution in [0, 0.1) is 0 Å². The molecule has 0 aliphatic heterocycles. The van der Waals surface area contributed by atoms with Crippen LogP contribution in [0.1, 0.15) is 15.5 Å². The molecule has 88 valence electrons. The van der Waals surface area contributed by atoms with Gasteiger partial charge in [-0.1, -0.05) is 11.3 Å². The number of carbonyl (C=O) groups excluding carboxylic acids is 1. The summed E-state index contributed by atoms with van der Waals surface area (Å²) in [7, 11) is 1.73. The molecule has 0 aliphatic carbocycles. The number of aromatic nitrogens is 4. The second-order valence-electron chi connectivity index (χ2n) is 3.05. The predicted octanol–water partition coefficient (Wildman–Crippen LogP) is 0.300. The van der Waals surface area contributed by atoms with E-state index in [1.807, 2.05) is 0 Å². The molecule has 0 atom stereocenters. The van der Waals surface area contributed by atoms with Gasteiger partial charge in [-0.25, -0.2) is 9.97 Å². The molecule has 0 unspecified atom stereocenters. The molecule has 0 aromatic carbocycles. The van der Waals surface area contributed by atoms with E-state index >= 15 is 0 Å². The molecular weight excluding hydrogens is 240 g/mol. The van der Waals surface area contributed by atoms with Crippen LogP contribution in [0.15, 0.2) is 18.6 Å². The molecule has 2 aromatic heterocycles. The average molecular weight is 250 g/mol. The van der Waals surface area contributed by atoms with E-state index in [4.69, 9.17) is 0 Å². The standard InChI is InChI=1S/C9H10N6OS/c1-10-9-15-14-8(17-9)7(16)12-4-6-2-3-11-5-13-6/h2-3,5H,4H2,1H3,(H,10,15)(H,12,16). The molecule has 2 N–H and O–H groups in total. The van der Waals surface area contributed by atoms with Gasteiger partial charge in [-0.2, -0.15) is 0 Å². The van der Waals surface area contributed by atoms with Crippen molar-refractivity contribution in [1.82, 2.24) is 25.5 Å². The quantitative estimate of drug-likeness (QED) is 0.810. The molecule has 7 nitrogen and oxygen atoms in total. The van der Waals surface area contributed by atoms with E-state index in [-0.39, 0.29) is 5.91 Å². The van der Waals surface area contributed by atoms with Crippen molar-refractivity contribution in [3.8, 4) is 0 Å². The average Bonchev–Trinajstić information content (AvgIpc) is 2.86. The minimum atomic E-state index is -0.261. The smallest absolute Gasteiger partial charge is 0.282 e. The molecule has 1 amide bonds. The van der Waals surface area contributed by atoms with Crippen LogP contribution < -0.4 is 10.6 Å². The summed E-state index contributed by atoms with van der Waals surface area (Å²) in [5, 5.41) is 14.0. The third-order valence-corrected chi connectivity index (χ3v) is 2.85. The lowest BCUT2D eigenvalue weighted by atomic mass is 10.4. The van der Waals surface area contributed by atoms with Crippen LogP contribution >= 0.6 is 11.3 Å². The zero-order chi connectivity index (χ0) is 12.1. The summed E-state index contributed by atoms with van der Waals surface area (Å²) in [6.07, 6.45) is 3.06. The van der Waals surface area contributed by atoms with Crippen LogP contribution in [0.25, 0.3) is 0 Å². The maximum absolute atomic E-state index is 11.7. The van der Waals surface area contributed by atoms with E-state index in [2.05, 4.69) is 30.8 Å². The molecule has 0 saturated heterocycles. The lowest BCUT2D eigenvalue weighted by Crippen LogP contribution is -2.23. The van der Waals surface area contributed by atoms with Gasteiger partial charge in [0.15, 0.2) is 0 Å². The van der Waals surface area contributed by atoms with Crippen LogP contribution in [0.3, 0.4) is 0 Å². The van der Waals surface area contributed by atoms with Crippen molar-refractivity contribution in [2.24, 2.45) is 0 Å². The monoisotopic (exact) mass is 250 g/mol. The number of amides is 1. The maximum Gasteiger partial charge on any atom is 0.282 e. The summed E-state index contributed by atoms with van der Waals surface area (Å²) in [6.45, 7) is 0.343. The van der Waals surface area contributed by atoms with E-state index in [0.717, 1.165) is 5.69 Å². The summed E-state index contributed by atoms with van der Waals surface area (Å²) in [4.78, 5) is 19.5. The first-order chi connectivity index (χ1) is 8.29. The summed E-state index contributed by atoms with van der Waals surface area (Å²) < 4.78 is 0. The third kappa shape index (κ3) is 2.94. The molecule has 17 heavy (non-hydrogen) atoms. The van der Waals surface area contributed by atoms with Gasteiger partial charge in [-0.05, 0) is 6.07 Å². The summed E-state index contributed by atoms with van der Waals surface area (Å²) in [6, 6.07) is 1.74. The highest BCUT2D eigenvalue weighted by Crippen LogP contribution is 2.13. The van der Waals surface area contributed by atoms with E-state index in [1.165, 1.54) is 17.7 Å². The molecule has 2 aromatic rings. The minimum Gasteiger partial charge on any atom is -0.363 e.